The summed E-state index contributed by atoms with van der Waals surface area (Å²) in [6.07, 6.45) is 0.312. The van der Waals surface area contributed by atoms with Crippen LogP contribution in [0.3, 0.4) is 0 Å². The second kappa shape index (κ2) is 6.63. The van der Waals surface area contributed by atoms with Crippen LogP contribution in [0.5, 0.6) is 0 Å². The number of hydrogen-bond donors (Lipinski definition) is 2. The number of anilines is 1. The number of rotatable bonds is 6. The van der Waals surface area contributed by atoms with Crippen LogP contribution < -0.4 is 11.1 Å². The highest BCUT2D eigenvalue weighted by molar-refractivity contribution is 7.92. The molecule has 106 valence electrons. The molecule has 0 aliphatic carbocycles. The molecule has 0 saturated heterocycles. The molecular formula is C12H17FN2O3S. The minimum Gasteiger partial charge on any atom is -0.328 e. The molecule has 19 heavy (non-hydrogen) atoms. The molecule has 0 aromatic heterocycles. The maximum absolute atomic E-state index is 12.7. The van der Waals surface area contributed by atoms with Gasteiger partial charge in [0.1, 0.15) is 11.6 Å². The molecule has 1 amide bonds. The Balaban J connectivity index is 2.53. The Morgan fingerprint density at radius 2 is 1.95 bits per heavy atom. The van der Waals surface area contributed by atoms with Gasteiger partial charge in [-0.3, -0.25) is 4.79 Å². The fraction of sp³-hybridized carbons (Fsp3) is 0.417. The molecular weight excluding hydrogens is 271 g/mol. The van der Waals surface area contributed by atoms with Crippen LogP contribution in [0.2, 0.25) is 0 Å². The van der Waals surface area contributed by atoms with Crippen LogP contribution in [0.4, 0.5) is 10.1 Å². The summed E-state index contributed by atoms with van der Waals surface area (Å²) in [5.41, 5.74) is 5.82. The second-order valence-corrected chi connectivity index (χ2v) is 6.60. The van der Waals surface area contributed by atoms with Crippen LogP contribution in [0, 0.1) is 5.82 Å². The molecule has 3 N–H and O–H groups in total. The SMILES string of the molecule is CC(N)CCS(=O)(=O)CC(=O)Nc1ccc(F)cc1. The Morgan fingerprint density at radius 3 is 2.47 bits per heavy atom. The molecule has 1 rings (SSSR count). The minimum absolute atomic E-state index is 0.124. The number of carbonyl (C=O) groups is 1. The monoisotopic (exact) mass is 288 g/mol. The average Bonchev–Trinajstić information content (AvgIpc) is 2.29. The van der Waals surface area contributed by atoms with Gasteiger partial charge in [-0.1, -0.05) is 0 Å². The molecule has 0 aliphatic rings. The molecule has 5 nitrogen and oxygen atoms in total. The summed E-state index contributed by atoms with van der Waals surface area (Å²) >= 11 is 0. The van der Waals surface area contributed by atoms with Crippen molar-refractivity contribution in [2.75, 3.05) is 16.8 Å². The van der Waals surface area contributed by atoms with Gasteiger partial charge in [0.15, 0.2) is 9.84 Å². The van der Waals surface area contributed by atoms with Gasteiger partial charge < -0.3 is 11.1 Å². The second-order valence-electron chi connectivity index (χ2n) is 4.41. The highest BCUT2D eigenvalue weighted by Gasteiger charge is 2.17. The standard InChI is InChI=1S/C12H17FN2O3S/c1-9(14)6-7-19(17,18)8-12(16)15-11-4-2-10(13)3-5-11/h2-5,9H,6-8,14H2,1H3,(H,15,16). The molecule has 7 heteroatoms. The quantitative estimate of drug-likeness (QED) is 0.814. The fourth-order valence-corrected chi connectivity index (χ4v) is 2.71. The highest BCUT2D eigenvalue weighted by atomic mass is 32.2. The number of halogens is 1. The zero-order chi connectivity index (χ0) is 14.5. The van der Waals surface area contributed by atoms with Gasteiger partial charge in [-0.2, -0.15) is 0 Å². The first-order chi connectivity index (χ1) is 8.78. The Bertz CT molecular complexity index is 526. The number of sulfone groups is 1. The molecule has 1 unspecified atom stereocenters. The van der Waals surface area contributed by atoms with Crippen molar-refractivity contribution >= 4 is 21.4 Å². The Kier molecular flexibility index (Phi) is 5.44. The van der Waals surface area contributed by atoms with Crippen LogP contribution >= 0.6 is 0 Å². The molecule has 0 saturated carbocycles. The number of benzene rings is 1. The Morgan fingerprint density at radius 1 is 1.37 bits per heavy atom. The normalized spacial score (nSPS) is 13.0. The third-order valence-corrected chi connectivity index (χ3v) is 3.92. The van der Waals surface area contributed by atoms with Gasteiger partial charge >= 0.3 is 0 Å². The maximum atomic E-state index is 12.7. The number of hydrogen-bond acceptors (Lipinski definition) is 4. The number of carbonyl (C=O) groups excluding carboxylic acids is 1. The first-order valence-corrected chi connectivity index (χ1v) is 7.62. The van der Waals surface area contributed by atoms with Crippen LogP contribution in [0.15, 0.2) is 24.3 Å². The van der Waals surface area contributed by atoms with Crippen LogP contribution in [0.25, 0.3) is 0 Å². The zero-order valence-electron chi connectivity index (χ0n) is 10.6. The smallest absolute Gasteiger partial charge is 0.239 e. The van der Waals surface area contributed by atoms with E-state index in [4.69, 9.17) is 5.73 Å². The predicted octanol–water partition coefficient (Wildman–Crippen LogP) is 0.916. The first-order valence-electron chi connectivity index (χ1n) is 5.80. The van der Waals surface area contributed by atoms with Gasteiger partial charge in [-0.25, -0.2) is 12.8 Å². The lowest BCUT2D eigenvalue weighted by molar-refractivity contribution is -0.113. The van der Waals surface area contributed by atoms with E-state index >= 15 is 0 Å². The molecule has 0 fully saturated rings. The summed E-state index contributed by atoms with van der Waals surface area (Å²) in [6.45, 7) is 1.70. The van der Waals surface area contributed by atoms with Crippen LogP contribution in [-0.4, -0.2) is 31.9 Å². The molecule has 0 bridgehead atoms. The van der Waals surface area contributed by atoms with Gasteiger partial charge in [0.2, 0.25) is 5.91 Å². The lowest BCUT2D eigenvalue weighted by atomic mass is 10.3. The van der Waals surface area contributed by atoms with Crippen molar-refractivity contribution in [2.45, 2.75) is 19.4 Å². The molecule has 0 spiro atoms. The van der Waals surface area contributed by atoms with Crippen LogP contribution in [0.1, 0.15) is 13.3 Å². The van der Waals surface area contributed by atoms with Crippen molar-refractivity contribution in [2.24, 2.45) is 5.73 Å². The van der Waals surface area contributed by atoms with E-state index in [1.54, 1.807) is 6.92 Å². The van der Waals surface area contributed by atoms with E-state index in [0.29, 0.717) is 12.1 Å². The minimum atomic E-state index is -3.47. The number of nitrogens with two attached hydrogens (primary N) is 1. The van der Waals surface area contributed by atoms with Crippen molar-refractivity contribution in [3.8, 4) is 0 Å². The van der Waals surface area contributed by atoms with Gasteiger partial charge in [0.25, 0.3) is 0 Å². The molecule has 1 aromatic carbocycles. The fourth-order valence-electron chi connectivity index (χ4n) is 1.37. The van der Waals surface area contributed by atoms with Gasteiger partial charge in [-0.05, 0) is 37.6 Å². The summed E-state index contributed by atoms with van der Waals surface area (Å²) in [6, 6.07) is 4.86. The first kappa shape index (κ1) is 15.6. The van der Waals surface area contributed by atoms with E-state index in [1.807, 2.05) is 0 Å². The average molecular weight is 288 g/mol. The summed E-state index contributed by atoms with van der Waals surface area (Å²) in [4.78, 5) is 11.5. The van der Waals surface area contributed by atoms with E-state index in [0.717, 1.165) is 0 Å². The van der Waals surface area contributed by atoms with Crippen molar-refractivity contribution < 1.29 is 17.6 Å². The van der Waals surface area contributed by atoms with Crippen molar-refractivity contribution in [3.63, 3.8) is 0 Å². The molecule has 1 atom stereocenters. The summed E-state index contributed by atoms with van der Waals surface area (Å²) in [5.74, 6) is -1.79. The number of nitrogens with one attached hydrogen (secondary N) is 1. The van der Waals surface area contributed by atoms with E-state index < -0.39 is 27.3 Å². The van der Waals surface area contributed by atoms with Gasteiger partial charge in [0, 0.05) is 11.7 Å². The highest BCUT2D eigenvalue weighted by Crippen LogP contribution is 2.08. The van der Waals surface area contributed by atoms with Crippen molar-refractivity contribution in [1.29, 1.82) is 0 Å². The number of amides is 1. The predicted molar refractivity (Wildman–Crippen MR) is 71.9 cm³/mol. The van der Waals surface area contributed by atoms with Crippen molar-refractivity contribution in [1.82, 2.24) is 0 Å². The van der Waals surface area contributed by atoms with Gasteiger partial charge in [0.05, 0.1) is 5.75 Å². The molecule has 0 aliphatic heterocycles. The third kappa shape index (κ3) is 6.30. The molecule has 0 heterocycles. The van der Waals surface area contributed by atoms with E-state index in [9.17, 15) is 17.6 Å². The van der Waals surface area contributed by atoms with Crippen molar-refractivity contribution in [3.05, 3.63) is 30.1 Å². The van der Waals surface area contributed by atoms with E-state index in [2.05, 4.69) is 5.32 Å². The van der Waals surface area contributed by atoms with Gasteiger partial charge in [-0.15, -0.1) is 0 Å². The third-order valence-electron chi connectivity index (χ3n) is 2.36. The molecule has 1 aromatic rings. The van der Waals surface area contributed by atoms with E-state index in [1.165, 1.54) is 24.3 Å². The Labute approximate surface area is 111 Å². The Hall–Kier alpha value is -1.47. The summed E-state index contributed by atoms with van der Waals surface area (Å²) < 4.78 is 35.9. The topological polar surface area (TPSA) is 89.3 Å². The molecule has 0 radical (unpaired) electrons. The van der Waals surface area contributed by atoms with Crippen LogP contribution in [-0.2, 0) is 14.6 Å². The lowest BCUT2D eigenvalue weighted by Crippen LogP contribution is -2.27. The summed E-state index contributed by atoms with van der Waals surface area (Å²) in [5, 5.41) is 2.40. The van der Waals surface area contributed by atoms with E-state index in [-0.39, 0.29) is 11.8 Å². The zero-order valence-corrected chi connectivity index (χ0v) is 11.4. The lowest BCUT2D eigenvalue weighted by Gasteiger charge is -2.07. The summed E-state index contributed by atoms with van der Waals surface area (Å²) in [7, 11) is -3.47. The maximum Gasteiger partial charge on any atom is 0.239 e. The largest absolute Gasteiger partial charge is 0.328 e.